The summed E-state index contributed by atoms with van der Waals surface area (Å²) >= 11 is 0. The molecular weight excluding hydrogens is 456 g/mol. The molecule has 184 valence electrons. The number of likely N-dealkylation sites (N-methyl/N-ethyl adjacent to an activating group) is 1. The van der Waals surface area contributed by atoms with Gasteiger partial charge in [-0.25, -0.2) is 0 Å². The quantitative estimate of drug-likeness (QED) is 0.471. The average Bonchev–Trinajstić information content (AvgIpc) is 3.28. The molecule has 1 saturated heterocycles. The van der Waals surface area contributed by atoms with Crippen LogP contribution in [0.4, 0.5) is 5.69 Å². The number of amides is 3. The van der Waals surface area contributed by atoms with Crippen molar-refractivity contribution in [1.29, 1.82) is 0 Å². The minimum absolute atomic E-state index is 0.113. The Balaban J connectivity index is 1.53. The molecule has 1 fully saturated rings. The third kappa shape index (κ3) is 5.83. The van der Waals surface area contributed by atoms with Gasteiger partial charge in [0.15, 0.2) is 0 Å². The molecular formula is C28H28N4O4. The maximum atomic E-state index is 13.4. The highest BCUT2D eigenvalue weighted by atomic mass is 16.2. The number of anilines is 1. The number of carbonyl (C=O) groups is 4. The molecule has 2 unspecified atom stereocenters. The molecule has 4 rings (SSSR count). The van der Waals surface area contributed by atoms with E-state index in [4.69, 9.17) is 0 Å². The van der Waals surface area contributed by atoms with Gasteiger partial charge in [-0.2, -0.15) is 0 Å². The minimum Gasteiger partial charge on any atom is -0.344 e. The normalized spacial score (nSPS) is 15.9. The molecule has 1 N–H and O–H groups in total. The molecule has 2 heterocycles. The van der Waals surface area contributed by atoms with Gasteiger partial charge in [0.1, 0.15) is 12.1 Å². The Kier molecular flexibility index (Phi) is 7.85. The zero-order valence-electron chi connectivity index (χ0n) is 20.0. The number of pyridine rings is 1. The third-order valence-corrected chi connectivity index (χ3v) is 6.31. The van der Waals surface area contributed by atoms with Crippen LogP contribution in [0.2, 0.25) is 0 Å². The van der Waals surface area contributed by atoms with Crippen LogP contribution in [0.5, 0.6) is 0 Å². The number of nitrogens with one attached hydrogen (secondary N) is 1. The van der Waals surface area contributed by atoms with E-state index < -0.39 is 29.7 Å². The monoisotopic (exact) mass is 484 g/mol. The van der Waals surface area contributed by atoms with Gasteiger partial charge in [0.25, 0.3) is 5.91 Å². The van der Waals surface area contributed by atoms with Gasteiger partial charge in [0.2, 0.25) is 17.6 Å². The Morgan fingerprint density at radius 1 is 0.972 bits per heavy atom. The second-order valence-electron chi connectivity index (χ2n) is 8.75. The SMILES string of the molecule is CN(C(=O)C(=O)C(Cc1ccccc1)NC(=O)C1CCC(=O)N1Cc1ccccc1)c1ccncc1. The van der Waals surface area contributed by atoms with E-state index in [-0.39, 0.29) is 18.7 Å². The van der Waals surface area contributed by atoms with Gasteiger partial charge in [0.05, 0.1) is 0 Å². The van der Waals surface area contributed by atoms with Crippen LogP contribution in [-0.4, -0.2) is 52.5 Å². The van der Waals surface area contributed by atoms with Gasteiger partial charge in [-0.3, -0.25) is 24.2 Å². The van der Waals surface area contributed by atoms with E-state index in [1.165, 1.54) is 24.3 Å². The zero-order valence-corrected chi connectivity index (χ0v) is 20.0. The summed E-state index contributed by atoms with van der Waals surface area (Å²) < 4.78 is 0. The maximum absolute atomic E-state index is 13.4. The Bertz CT molecular complexity index is 1220. The van der Waals surface area contributed by atoms with E-state index >= 15 is 0 Å². The third-order valence-electron chi connectivity index (χ3n) is 6.31. The van der Waals surface area contributed by atoms with E-state index in [1.807, 2.05) is 60.7 Å². The van der Waals surface area contributed by atoms with Crippen LogP contribution in [0.3, 0.4) is 0 Å². The summed E-state index contributed by atoms with van der Waals surface area (Å²) in [6.07, 6.45) is 3.83. The van der Waals surface area contributed by atoms with Crippen molar-refractivity contribution in [2.24, 2.45) is 0 Å². The first kappa shape index (κ1) is 24.8. The van der Waals surface area contributed by atoms with Gasteiger partial charge >= 0.3 is 0 Å². The second kappa shape index (κ2) is 11.4. The number of hydrogen-bond donors (Lipinski definition) is 1. The number of aromatic nitrogens is 1. The van der Waals surface area contributed by atoms with Crippen LogP contribution >= 0.6 is 0 Å². The molecule has 3 amide bonds. The number of nitrogens with zero attached hydrogens (tertiary/aromatic N) is 3. The lowest BCUT2D eigenvalue weighted by Gasteiger charge is -2.27. The van der Waals surface area contributed by atoms with Crippen molar-refractivity contribution in [2.45, 2.75) is 37.9 Å². The van der Waals surface area contributed by atoms with Crippen LogP contribution in [0, 0.1) is 0 Å². The molecule has 1 aliphatic heterocycles. The zero-order chi connectivity index (χ0) is 25.5. The van der Waals surface area contributed by atoms with E-state index in [2.05, 4.69) is 10.3 Å². The summed E-state index contributed by atoms with van der Waals surface area (Å²) in [5, 5.41) is 2.79. The summed E-state index contributed by atoms with van der Waals surface area (Å²) in [5.41, 5.74) is 2.24. The highest BCUT2D eigenvalue weighted by Crippen LogP contribution is 2.22. The van der Waals surface area contributed by atoms with Crippen LogP contribution < -0.4 is 10.2 Å². The second-order valence-corrected chi connectivity index (χ2v) is 8.75. The fourth-order valence-electron chi connectivity index (χ4n) is 4.31. The summed E-state index contributed by atoms with van der Waals surface area (Å²) in [6, 6.07) is 20.1. The lowest BCUT2D eigenvalue weighted by molar-refractivity contribution is -0.140. The number of Topliss-reactive ketones (excluding diaryl/α,β-unsaturated/α-hetero) is 1. The first-order valence-corrected chi connectivity index (χ1v) is 11.8. The molecule has 0 bridgehead atoms. The van der Waals surface area contributed by atoms with Crippen LogP contribution in [-0.2, 0) is 32.1 Å². The molecule has 8 heteroatoms. The van der Waals surface area contributed by atoms with E-state index in [9.17, 15) is 19.2 Å². The van der Waals surface area contributed by atoms with Gasteiger partial charge in [-0.15, -0.1) is 0 Å². The Hall–Kier alpha value is -4.33. The molecule has 3 aromatic rings. The Labute approximate surface area is 209 Å². The lowest BCUT2D eigenvalue weighted by Crippen LogP contribution is -2.53. The Morgan fingerprint density at radius 2 is 1.58 bits per heavy atom. The van der Waals surface area contributed by atoms with Crippen molar-refractivity contribution in [2.75, 3.05) is 11.9 Å². The molecule has 0 saturated carbocycles. The van der Waals surface area contributed by atoms with Gasteiger partial charge < -0.3 is 15.1 Å². The Morgan fingerprint density at radius 3 is 2.22 bits per heavy atom. The van der Waals surface area contributed by atoms with Crippen molar-refractivity contribution >= 4 is 29.2 Å². The van der Waals surface area contributed by atoms with Crippen LogP contribution in [0.25, 0.3) is 0 Å². The van der Waals surface area contributed by atoms with Crippen LogP contribution in [0.1, 0.15) is 24.0 Å². The molecule has 0 spiro atoms. The average molecular weight is 485 g/mol. The first-order valence-electron chi connectivity index (χ1n) is 11.8. The van der Waals surface area contributed by atoms with Crippen molar-refractivity contribution in [3.05, 3.63) is 96.3 Å². The lowest BCUT2D eigenvalue weighted by atomic mass is 10.0. The molecule has 8 nitrogen and oxygen atoms in total. The summed E-state index contributed by atoms with van der Waals surface area (Å²) in [5.74, 6) is -2.03. The van der Waals surface area contributed by atoms with E-state index in [0.29, 0.717) is 18.7 Å². The predicted octanol–water partition coefficient (Wildman–Crippen LogP) is 2.53. The van der Waals surface area contributed by atoms with Gasteiger partial charge in [-0.05, 0) is 29.7 Å². The molecule has 0 radical (unpaired) electrons. The topological polar surface area (TPSA) is 99.7 Å². The standard InChI is InChI=1S/C28H28N4O4/c1-31(22-14-16-29-17-15-22)28(36)26(34)23(18-20-8-4-2-5-9-20)30-27(35)24-12-13-25(33)32(24)19-21-10-6-3-7-11-21/h2-11,14-17,23-24H,12-13,18-19H2,1H3,(H,30,35). The predicted molar refractivity (Wildman–Crippen MR) is 135 cm³/mol. The molecule has 36 heavy (non-hydrogen) atoms. The van der Waals surface area contributed by atoms with Gasteiger partial charge in [-0.1, -0.05) is 60.7 Å². The maximum Gasteiger partial charge on any atom is 0.296 e. The van der Waals surface area contributed by atoms with E-state index in [1.54, 1.807) is 17.0 Å². The first-order chi connectivity index (χ1) is 17.4. The molecule has 2 atom stereocenters. The van der Waals surface area contributed by atoms with Gasteiger partial charge in [0, 0.05) is 44.5 Å². The number of likely N-dealkylation sites (tertiary alicyclic amines) is 1. The summed E-state index contributed by atoms with van der Waals surface area (Å²) in [4.78, 5) is 59.1. The number of ketones is 1. The van der Waals surface area contributed by atoms with Crippen molar-refractivity contribution in [3.63, 3.8) is 0 Å². The van der Waals surface area contributed by atoms with Crippen molar-refractivity contribution in [3.8, 4) is 0 Å². The highest BCUT2D eigenvalue weighted by Gasteiger charge is 2.38. The van der Waals surface area contributed by atoms with Crippen molar-refractivity contribution in [1.82, 2.24) is 15.2 Å². The fraction of sp³-hybridized carbons (Fsp3) is 0.250. The van der Waals surface area contributed by atoms with Crippen LogP contribution in [0.15, 0.2) is 85.2 Å². The fourth-order valence-corrected chi connectivity index (χ4v) is 4.31. The smallest absolute Gasteiger partial charge is 0.296 e. The highest BCUT2D eigenvalue weighted by molar-refractivity contribution is 6.43. The summed E-state index contributed by atoms with van der Waals surface area (Å²) in [7, 11) is 1.51. The number of rotatable bonds is 9. The minimum atomic E-state index is -1.08. The largest absolute Gasteiger partial charge is 0.344 e. The molecule has 1 aliphatic rings. The number of carbonyl (C=O) groups excluding carboxylic acids is 4. The number of hydrogen-bond acceptors (Lipinski definition) is 5. The van der Waals surface area contributed by atoms with E-state index in [0.717, 1.165) is 11.1 Å². The molecule has 2 aromatic carbocycles. The van der Waals surface area contributed by atoms with Crippen molar-refractivity contribution < 1.29 is 19.2 Å². The molecule has 0 aliphatic carbocycles. The summed E-state index contributed by atoms with van der Waals surface area (Å²) in [6.45, 7) is 0.304. The number of benzene rings is 2. The molecule has 1 aromatic heterocycles.